The number of carbonyl (C=O) groups excluding carboxylic acids is 1. The van der Waals surface area contributed by atoms with Crippen LogP contribution in [0.1, 0.15) is 10.5 Å². The number of ether oxygens (including phenoxy) is 1. The summed E-state index contributed by atoms with van der Waals surface area (Å²) in [7, 11) is 1.33. The average molecular weight is 367 g/mol. The summed E-state index contributed by atoms with van der Waals surface area (Å²) in [4.78, 5) is 16.1. The molecule has 0 fully saturated rings. The smallest absolute Gasteiger partial charge is 0.356 e. The van der Waals surface area contributed by atoms with E-state index in [-0.39, 0.29) is 0 Å². The normalized spacial score (nSPS) is 10.8. The number of benzene rings is 1. The van der Waals surface area contributed by atoms with Crippen LogP contribution in [0.2, 0.25) is 5.02 Å². The molecule has 0 unspecified atom stereocenters. The number of aromatic nitrogens is 3. The minimum absolute atomic E-state index is 0.315. The fourth-order valence-electron chi connectivity index (χ4n) is 1.97. The molecular weight excluding hydrogens is 358 g/mol. The molecule has 3 rings (SSSR count). The highest BCUT2D eigenvalue weighted by molar-refractivity contribution is 9.10. The molecule has 0 amide bonds. The van der Waals surface area contributed by atoms with Gasteiger partial charge in [-0.05, 0) is 30.3 Å². The van der Waals surface area contributed by atoms with Gasteiger partial charge in [-0.3, -0.25) is 0 Å². The van der Waals surface area contributed by atoms with Gasteiger partial charge in [-0.25, -0.2) is 14.3 Å². The molecule has 0 spiro atoms. The van der Waals surface area contributed by atoms with Crippen molar-refractivity contribution in [1.82, 2.24) is 14.6 Å². The zero-order valence-corrected chi connectivity index (χ0v) is 13.2. The highest BCUT2D eigenvalue weighted by Crippen LogP contribution is 2.26. The quantitative estimate of drug-likeness (QED) is 0.650. The second-order valence-electron chi connectivity index (χ2n) is 4.27. The number of nitrogens with zero attached hydrogens (tertiary/aromatic N) is 3. The van der Waals surface area contributed by atoms with Gasteiger partial charge in [0.05, 0.1) is 7.11 Å². The summed E-state index contributed by atoms with van der Waals surface area (Å²) >= 11 is 9.42. The van der Waals surface area contributed by atoms with E-state index in [2.05, 4.69) is 26.0 Å². The van der Waals surface area contributed by atoms with Crippen LogP contribution >= 0.6 is 27.5 Å². The van der Waals surface area contributed by atoms with Crippen molar-refractivity contribution in [2.45, 2.75) is 0 Å². The molecule has 0 atom stereocenters. The predicted octanol–water partition coefficient (Wildman–Crippen LogP) is 3.60. The molecule has 106 valence electrons. The number of carbonyl (C=O) groups is 1. The molecule has 0 bridgehead atoms. The second kappa shape index (κ2) is 5.46. The Labute approximate surface area is 133 Å². The average Bonchev–Trinajstić information content (AvgIpc) is 2.89. The molecule has 1 aromatic carbocycles. The minimum atomic E-state index is -0.468. The molecule has 0 N–H and O–H groups in total. The SMILES string of the molecule is COC(=O)c1cccc2nc(-c3cc(Cl)cc(Br)c3)nn12. The van der Waals surface area contributed by atoms with Crippen LogP contribution in [-0.2, 0) is 4.74 Å². The van der Waals surface area contributed by atoms with Crippen LogP contribution in [0.15, 0.2) is 40.9 Å². The maximum Gasteiger partial charge on any atom is 0.356 e. The highest BCUT2D eigenvalue weighted by atomic mass is 79.9. The molecule has 5 nitrogen and oxygen atoms in total. The number of halogens is 2. The monoisotopic (exact) mass is 365 g/mol. The number of hydrogen-bond acceptors (Lipinski definition) is 4. The number of hydrogen-bond donors (Lipinski definition) is 0. The Hall–Kier alpha value is -1.92. The van der Waals surface area contributed by atoms with Crippen molar-refractivity contribution in [2.75, 3.05) is 7.11 Å². The predicted molar refractivity (Wildman–Crippen MR) is 82.5 cm³/mol. The van der Waals surface area contributed by atoms with E-state index in [0.29, 0.717) is 22.2 Å². The first-order valence-corrected chi connectivity index (χ1v) is 7.16. The van der Waals surface area contributed by atoms with E-state index < -0.39 is 5.97 Å². The van der Waals surface area contributed by atoms with Crippen LogP contribution in [0.3, 0.4) is 0 Å². The van der Waals surface area contributed by atoms with Gasteiger partial charge in [0.1, 0.15) is 0 Å². The topological polar surface area (TPSA) is 56.5 Å². The first kappa shape index (κ1) is 14.0. The fraction of sp³-hybridized carbons (Fsp3) is 0.0714. The molecule has 0 saturated carbocycles. The van der Waals surface area contributed by atoms with Crippen LogP contribution in [0.5, 0.6) is 0 Å². The van der Waals surface area contributed by atoms with Gasteiger partial charge in [0.25, 0.3) is 0 Å². The third kappa shape index (κ3) is 2.64. The Balaban J connectivity index is 2.19. The first-order valence-electron chi connectivity index (χ1n) is 5.99. The summed E-state index contributed by atoms with van der Waals surface area (Å²) < 4.78 is 7.03. The van der Waals surface area contributed by atoms with Crippen molar-refractivity contribution in [3.63, 3.8) is 0 Å². The molecule has 21 heavy (non-hydrogen) atoms. The van der Waals surface area contributed by atoms with Crippen LogP contribution < -0.4 is 0 Å². The summed E-state index contributed by atoms with van der Waals surface area (Å²) in [6, 6.07) is 10.5. The number of methoxy groups -OCH3 is 1. The Morgan fingerprint density at radius 1 is 1.33 bits per heavy atom. The van der Waals surface area contributed by atoms with E-state index in [9.17, 15) is 4.79 Å². The third-order valence-electron chi connectivity index (χ3n) is 2.88. The first-order chi connectivity index (χ1) is 10.1. The molecule has 0 aliphatic carbocycles. The van der Waals surface area contributed by atoms with Crippen molar-refractivity contribution in [2.24, 2.45) is 0 Å². The molecule has 0 saturated heterocycles. The van der Waals surface area contributed by atoms with Gasteiger partial charge in [-0.2, -0.15) is 0 Å². The van der Waals surface area contributed by atoms with Gasteiger partial charge < -0.3 is 4.74 Å². The van der Waals surface area contributed by atoms with Crippen LogP contribution in [-0.4, -0.2) is 27.7 Å². The lowest BCUT2D eigenvalue weighted by Crippen LogP contribution is -2.08. The van der Waals surface area contributed by atoms with Crippen LogP contribution in [0.25, 0.3) is 17.0 Å². The Morgan fingerprint density at radius 3 is 2.86 bits per heavy atom. The largest absolute Gasteiger partial charge is 0.464 e. The van der Waals surface area contributed by atoms with Crippen molar-refractivity contribution in [3.05, 3.63) is 51.6 Å². The van der Waals surface area contributed by atoms with E-state index in [4.69, 9.17) is 16.3 Å². The van der Waals surface area contributed by atoms with Gasteiger partial charge in [-0.1, -0.05) is 33.6 Å². The van der Waals surface area contributed by atoms with E-state index in [1.165, 1.54) is 11.6 Å². The molecule has 0 aliphatic rings. The lowest BCUT2D eigenvalue weighted by Gasteiger charge is -2.00. The second-order valence-corrected chi connectivity index (χ2v) is 5.62. The number of rotatable bonds is 2. The van der Waals surface area contributed by atoms with Gasteiger partial charge in [0.15, 0.2) is 17.2 Å². The molecule has 2 aromatic heterocycles. The molecule has 0 radical (unpaired) electrons. The summed E-state index contributed by atoms with van der Waals surface area (Å²) in [5.41, 5.74) is 1.63. The summed E-state index contributed by atoms with van der Waals surface area (Å²) in [6.45, 7) is 0. The van der Waals surface area contributed by atoms with Crippen molar-refractivity contribution >= 4 is 39.1 Å². The number of fused-ring (bicyclic) bond motifs is 1. The molecule has 0 aliphatic heterocycles. The van der Waals surface area contributed by atoms with E-state index in [1.807, 2.05) is 6.07 Å². The maximum absolute atomic E-state index is 11.7. The lowest BCUT2D eigenvalue weighted by molar-refractivity contribution is 0.0591. The zero-order valence-electron chi connectivity index (χ0n) is 10.9. The Bertz CT molecular complexity index is 827. The fourth-order valence-corrected chi connectivity index (χ4v) is 2.83. The van der Waals surface area contributed by atoms with Crippen LogP contribution in [0.4, 0.5) is 0 Å². The minimum Gasteiger partial charge on any atom is -0.464 e. The van der Waals surface area contributed by atoms with E-state index >= 15 is 0 Å². The van der Waals surface area contributed by atoms with Crippen molar-refractivity contribution < 1.29 is 9.53 Å². The van der Waals surface area contributed by atoms with Gasteiger partial charge in [0.2, 0.25) is 0 Å². The summed E-state index contributed by atoms with van der Waals surface area (Å²) in [6.07, 6.45) is 0. The van der Waals surface area contributed by atoms with Crippen molar-refractivity contribution in [3.8, 4) is 11.4 Å². The lowest BCUT2D eigenvalue weighted by atomic mass is 10.2. The summed E-state index contributed by atoms with van der Waals surface area (Å²) in [5.74, 6) is 0.0128. The molecule has 3 aromatic rings. The van der Waals surface area contributed by atoms with Gasteiger partial charge in [0, 0.05) is 15.1 Å². The Morgan fingerprint density at radius 2 is 2.14 bits per heavy atom. The standard InChI is InChI=1S/C14H9BrClN3O2/c1-21-14(20)11-3-2-4-12-17-13(18-19(11)12)8-5-9(15)7-10(16)6-8/h2-7H,1H3. The zero-order chi connectivity index (χ0) is 15.0. The van der Waals surface area contributed by atoms with Gasteiger partial charge in [-0.15, -0.1) is 5.10 Å². The third-order valence-corrected chi connectivity index (χ3v) is 3.55. The Kier molecular flexibility index (Phi) is 3.65. The molecule has 7 heteroatoms. The van der Waals surface area contributed by atoms with E-state index in [0.717, 1.165) is 10.0 Å². The van der Waals surface area contributed by atoms with Crippen molar-refractivity contribution in [1.29, 1.82) is 0 Å². The van der Waals surface area contributed by atoms with Crippen LogP contribution in [0, 0.1) is 0 Å². The number of pyridine rings is 1. The molecule has 2 heterocycles. The highest BCUT2D eigenvalue weighted by Gasteiger charge is 2.14. The van der Waals surface area contributed by atoms with Gasteiger partial charge >= 0.3 is 5.97 Å². The maximum atomic E-state index is 11.7. The summed E-state index contributed by atoms with van der Waals surface area (Å²) in [5, 5.41) is 4.93. The van der Waals surface area contributed by atoms with E-state index in [1.54, 1.807) is 30.3 Å². The molecular formula is C14H9BrClN3O2. The number of esters is 1.